The number of Topliss-reactive ketones (excluding diaryl/α,β-unsaturated/α-hetero) is 1. The van der Waals surface area contributed by atoms with Gasteiger partial charge in [0.05, 0.1) is 5.69 Å². The number of carbonyl (C=O) groups is 1. The molecule has 5 nitrogen and oxygen atoms in total. The molecule has 0 N–H and O–H groups in total. The minimum Gasteiger partial charge on any atom is -0.367 e. The number of hydrogen-bond acceptors (Lipinski definition) is 5. The van der Waals surface area contributed by atoms with Crippen LogP contribution >= 0.6 is 11.3 Å². The summed E-state index contributed by atoms with van der Waals surface area (Å²) in [6.45, 7) is 8.00. The summed E-state index contributed by atoms with van der Waals surface area (Å²) < 4.78 is 16.1. The van der Waals surface area contributed by atoms with Crippen molar-refractivity contribution in [3.63, 3.8) is 0 Å². The van der Waals surface area contributed by atoms with Crippen LogP contribution in [0.3, 0.4) is 0 Å². The van der Waals surface area contributed by atoms with E-state index < -0.39 is 0 Å². The van der Waals surface area contributed by atoms with Crippen molar-refractivity contribution in [2.24, 2.45) is 0 Å². The summed E-state index contributed by atoms with van der Waals surface area (Å²) in [6.07, 6.45) is 0. The van der Waals surface area contributed by atoms with Crippen LogP contribution in [0, 0.1) is 12.7 Å². The lowest BCUT2D eigenvalue weighted by Crippen LogP contribution is -2.47. The average Bonchev–Trinajstić information content (AvgIpc) is 2.92. The van der Waals surface area contributed by atoms with Gasteiger partial charge in [-0.15, -0.1) is 0 Å². The third-order valence-electron chi connectivity index (χ3n) is 4.68. The van der Waals surface area contributed by atoms with Gasteiger partial charge in [0.1, 0.15) is 5.82 Å². The van der Waals surface area contributed by atoms with Crippen molar-refractivity contribution < 1.29 is 9.18 Å². The third-order valence-corrected chi connectivity index (χ3v) is 5.56. The molecule has 2 heterocycles. The van der Waals surface area contributed by atoms with Crippen LogP contribution < -0.4 is 9.77 Å². The summed E-state index contributed by atoms with van der Waals surface area (Å²) in [7, 11) is 0. The molecule has 0 bridgehead atoms. The first kappa shape index (κ1) is 17.8. The van der Waals surface area contributed by atoms with E-state index in [1.807, 2.05) is 17.2 Å². The Morgan fingerprint density at radius 2 is 1.92 bits per heavy atom. The molecular weight excluding hydrogens is 341 g/mol. The van der Waals surface area contributed by atoms with Gasteiger partial charge in [-0.05, 0) is 32.0 Å². The molecule has 0 aliphatic carbocycles. The van der Waals surface area contributed by atoms with Gasteiger partial charge >= 0.3 is 4.87 Å². The Kier molecular flexibility index (Phi) is 5.34. The van der Waals surface area contributed by atoms with E-state index in [1.165, 1.54) is 24.3 Å². The number of carbonyl (C=O) groups excluding carboxylic acids is 1. The van der Waals surface area contributed by atoms with E-state index in [2.05, 4.69) is 4.90 Å². The van der Waals surface area contributed by atoms with Crippen LogP contribution in [0.5, 0.6) is 0 Å². The Bertz CT molecular complexity index is 822. The maximum absolute atomic E-state index is 14.3. The van der Waals surface area contributed by atoms with Crippen LogP contribution in [0.25, 0.3) is 0 Å². The Morgan fingerprint density at radius 3 is 2.48 bits per heavy atom. The number of aromatic nitrogens is 1. The predicted octanol–water partition coefficient (Wildman–Crippen LogP) is 2.38. The van der Waals surface area contributed by atoms with Crippen molar-refractivity contribution in [2.45, 2.75) is 20.4 Å². The average molecular weight is 363 g/mol. The molecular formula is C18H22FN3O2S. The molecule has 0 atom stereocenters. The molecule has 25 heavy (non-hydrogen) atoms. The second-order valence-corrected chi connectivity index (χ2v) is 7.17. The molecule has 1 aromatic carbocycles. The summed E-state index contributed by atoms with van der Waals surface area (Å²) in [6, 6.07) is 4.69. The van der Waals surface area contributed by atoms with Gasteiger partial charge in [0.15, 0.2) is 5.78 Å². The quantitative estimate of drug-likeness (QED) is 0.765. The monoisotopic (exact) mass is 363 g/mol. The summed E-state index contributed by atoms with van der Waals surface area (Å²) in [5.74, 6) is -0.476. The lowest BCUT2D eigenvalue weighted by atomic mass is 10.1. The maximum atomic E-state index is 14.3. The van der Waals surface area contributed by atoms with Gasteiger partial charge in [-0.25, -0.2) is 4.39 Å². The molecule has 0 unspecified atom stereocenters. The highest BCUT2D eigenvalue weighted by Gasteiger charge is 2.20. The fourth-order valence-corrected chi connectivity index (χ4v) is 3.87. The minimum atomic E-state index is -0.346. The predicted molar refractivity (Wildman–Crippen MR) is 98.4 cm³/mol. The number of aryl methyl sites for hydroxylation is 1. The molecule has 2 aromatic rings. The Labute approximate surface area is 150 Å². The highest BCUT2D eigenvalue weighted by atomic mass is 32.1. The number of benzene rings is 1. The smallest absolute Gasteiger partial charge is 0.307 e. The number of hydrogen-bond donors (Lipinski definition) is 0. The van der Waals surface area contributed by atoms with Gasteiger partial charge in [0.25, 0.3) is 0 Å². The van der Waals surface area contributed by atoms with E-state index in [1.54, 1.807) is 16.7 Å². The van der Waals surface area contributed by atoms with E-state index in [4.69, 9.17) is 0 Å². The molecule has 1 saturated heterocycles. The summed E-state index contributed by atoms with van der Waals surface area (Å²) in [5.41, 5.74) is 1.95. The van der Waals surface area contributed by atoms with Crippen LogP contribution in [0.4, 0.5) is 10.1 Å². The molecule has 1 aliphatic rings. The Morgan fingerprint density at radius 1 is 1.20 bits per heavy atom. The van der Waals surface area contributed by atoms with Crippen molar-refractivity contribution in [3.05, 3.63) is 50.3 Å². The number of nitrogens with zero attached hydrogens (tertiary/aromatic N) is 3. The van der Waals surface area contributed by atoms with E-state index in [-0.39, 0.29) is 16.5 Å². The molecule has 1 aromatic heterocycles. The number of halogens is 1. The first-order valence-electron chi connectivity index (χ1n) is 8.38. The van der Waals surface area contributed by atoms with E-state index in [9.17, 15) is 14.0 Å². The van der Waals surface area contributed by atoms with Crippen molar-refractivity contribution >= 4 is 22.8 Å². The van der Waals surface area contributed by atoms with Crippen LogP contribution in [-0.4, -0.2) is 48.0 Å². The minimum absolute atomic E-state index is 0.0868. The van der Waals surface area contributed by atoms with Gasteiger partial charge < -0.3 is 9.47 Å². The second kappa shape index (κ2) is 7.49. The van der Waals surface area contributed by atoms with Crippen LogP contribution in [0.15, 0.2) is 28.4 Å². The highest BCUT2D eigenvalue weighted by molar-refractivity contribution is 7.07. The zero-order valence-electron chi connectivity index (χ0n) is 14.5. The van der Waals surface area contributed by atoms with Crippen molar-refractivity contribution in [3.8, 4) is 0 Å². The third kappa shape index (κ3) is 3.99. The molecule has 1 aliphatic heterocycles. The summed E-state index contributed by atoms with van der Waals surface area (Å²) in [5, 5.41) is 1.88. The van der Waals surface area contributed by atoms with E-state index in [0.29, 0.717) is 17.8 Å². The maximum Gasteiger partial charge on any atom is 0.307 e. The molecule has 7 heteroatoms. The van der Waals surface area contributed by atoms with Gasteiger partial charge in [-0.2, -0.15) is 0 Å². The van der Waals surface area contributed by atoms with Gasteiger partial charge in [-0.1, -0.05) is 11.3 Å². The molecule has 3 rings (SSSR count). The van der Waals surface area contributed by atoms with Crippen LogP contribution in [0.1, 0.15) is 23.0 Å². The standard InChI is InChI=1S/C18H22FN3O2S/c1-13-12-25-18(24)22(13)10-7-20-5-8-21(9-6-20)17-4-3-15(14(2)23)11-16(17)19/h3-4,11-12H,5-10H2,1-2H3. The SMILES string of the molecule is CC(=O)c1ccc(N2CCN(CCn3c(C)csc3=O)CC2)c(F)c1. The summed E-state index contributed by atoms with van der Waals surface area (Å²) in [4.78, 5) is 27.5. The Balaban J connectivity index is 1.57. The van der Waals surface area contributed by atoms with Crippen molar-refractivity contribution in [1.29, 1.82) is 0 Å². The largest absolute Gasteiger partial charge is 0.367 e. The van der Waals surface area contributed by atoms with E-state index in [0.717, 1.165) is 38.4 Å². The topological polar surface area (TPSA) is 45.6 Å². The molecule has 0 amide bonds. The lowest BCUT2D eigenvalue weighted by Gasteiger charge is -2.36. The summed E-state index contributed by atoms with van der Waals surface area (Å²) >= 11 is 1.24. The zero-order valence-corrected chi connectivity index (χ0v) is 15.3. The number of rotatable bonds is 5. The van der Waals surface area contributed by atoms with Crippen LogP contribution in [0.2, 0.25) is 0 Å². The fourth-order valence-electron chi connectivity index (χ4n) is 3.11. The van der Waals surface area contributed by atoms with Gasteiger partial charge in [0, 0.05) is 55.9 Å². The zero-order chi connectivity index (χ0) is 18.0. The number of ketones is 1. The molecule has 134 valence electrons. The molecule has 1 fully saturated rings. The fraction of sp³-hybridized carbons (Fsp3) is 0.444. The lowest BCUT2D eigenvalue weighted by molar-refractivity contribution is 0.101. The van der Waals surface area contributed by atoms with E-state index >= 15 is 0 Å². The van der Waals surface area contributed by atoms with Gasteiger partial charge in [-0.3, -0.25) is 14.5 Å². The van der Waals surface area contributed by atoms with Crippen molar-refractivity contribution in [1.82, 2.24) is 9.47 Å². The number of thiazole rings is 1. The molecule has 0 saturated carbocycles. The van der Waals surface area contributed by atoms with Crippen molar-refractivity contribution in [2.75, 3.05) is 37.6 Å². The first-order chi connectivity index (χ1) is 12.0. The first-order valence-corrected chi connectivity index (χ1v) is 9.26. The normalized spacial score (nSPS) is 15.6. The van der Waals surface area contributed by atoms with Crippen LogP contribution in [-0.2, 0) is 6.54 Å². The molecule has 0 radical (unpaired) electrons. The Hall–Kier alpha value is -1.99. The molecule has 0 spiro atoms. The second-order valence-electron chi connectivity index (χ2n) is 6.35. The van der Waals surface area contributed by atoms with Gasteiger partial charge in [0.2, 0.25) is 0 Å². The highest BCUT2D eigenvalue weighted by Crippen LogP contribution is 2.22. The number of anilines is 1. The number of piperazine rings is 1.